The number of hydrogen-bond donors (Lipinski definition) is 3. The van der Waals surface area contributed by atoms with Gasteiger partial charge in [-0.25, -0.2) is 0 Å². The lowest BCUT2D eigenvalue weighted by Crippen LogP contribution is -2.43. The van der Waals surface area contributed by atoms with E-state index >= 15 is 0 Å². The van der Waals surface area contributed by atoms with Gasteiger partial charge in [0, 0.05) is 12.8 Å². The summed E-state index contributed by atoms with van der Waals surface area (Å²) in [5.74, 6) is -1.18. The van der Waals surface area contributed by atoms with Gasteiger partial charge in [-0.1, -0.05) is 117 Å². The van der Waals surface area contributed by atoms with E-state index in [2.05, 4.69) is 35.0 Å². The first-order valence-electron chi connectivity index (χ1n) is 15.8. The van der Waals surface area contributed by atoms with Crippen molar-refractivity contribution in [2.45, 2.75) is 154 Å². The predicted octanol–water partition coefficient (Wildman–Crippen LogP) is 7.59. The van der Waals surface area contributed by atoms with E-state index in [4.69, 9.17) is 5.11 Å². The van der Waals surface area contributed by atoms with Crippen molar-refractivity contribution >= 4 is 19.2 Å². The molecule has 0 aromatic heterocycles. The third-order valence-corrected chi connectivity index (χ3v) is 9.12. The molecule has 0 aliphatic carbocycles. The Kier molecular flexibility index (Phi) is 25.0. The minimum absolute atomic E-state index is 0.0704. The molecule has 0 aromatic carbocycles. The third-order valence-electron chi connectivity index (χ3n) is 7.45. The summed E-state index contributed by atoms with van der Waals surface area (Å²) in [5.41, 5.74) is 0. The Morgan fingerprint density at radius 1 is 0.615 bits per heavy atom. The number of Topliss-reactive ketones (excluding diaryl/α,β-unsaturated/α-hetero) is 2. The van der Waals surface area contributed by atoms with E-state index in [1.54, 1.807) is 0 Å². The molecule has 7 nitrogen and oxygen atoms in total. The van der Waals surface area contributed by atoms with Crippen molar-refractivity contribution in [3.63, 3.8) is 0 Å². The summed E-state index contributed by atoms with van der Waals surface area (Å²) in [5, 5.41) is 6.21. The van der Waals surface area contributed by atoms with E-state index in [-0.39, 0.29) is 19.4 Å². The molecule has 0 aliphatic rings. The number of aliphatic hydroxyl groups is 1. The highest BCUT2D eigenvalue weighted by Crippen LogP contribution is 2.52. The van der Waals surface area contributed by atoms with E-state index < -0.39 is 24.3 Å². The molecule has 0 fully saturated rings. The fraction of sp³-hybridized carbons (Fsp3) is 0.935. The lowest BCUT2D eigenvalue weighted by molar-refractivity contribution is -0.870. The Morgan fingerprint density at radius 3 is 1.10 bits per heavy atom. The van der Waals surface area contributed by atoms with Crippen LogP contribution in [0.4, 0.5) is 0 Å². The lowest BCUT2D eigenvalue weighted by atomic mass is 9.92. The first-order valence-corrected chi connectivity index (χ1v) is 17.4. The molecule has 3 N–H and O–H groups in total. The Morgan fingerprint density at radius 2 is 0.897 bits per heavy atom. The number of rotatable bonds is 25. The number of carbonyl (C=O) groups excluding carboxylic acids is 2. The fourth-order valence-corrected chi connectivity index (χ4v) is 5.33. The average molecular weight is 579 g/mol. The van der Waals surface area contributed by atoms with Gasteiger partial charge in [-0.3, -0.25) is 14.2 Å². The molecule has 0 heterocycles. The second-order valence-corrected chi connectivity index (χ2v) is 14.3. The monoisotopic (exact) mass is 578 g/mol. The molecule has 0 unspecified atom stereocenters. The number of unbranched alkanes of at least 4 members (excludes halogenated alkanes) is 16. The number of likely N-dealkylation sites (N-methyl/N-ethyl adjacent to an activating group) is 1. The van der Waals surface area contributed by atoms with Crippen LogP contribution in [0.5, 0.6) is 0 Å². The molecule has 234 valence electrons. The zero-order valence-electron chi connectivity index (χ0n) is 26.5. The summed E-state index contributed by atoms with van der Waals surface area (Å²) in [7, 11) is 1.30. The second-order valence-electron chi connectivity index (χ2n) is 12.4. The molecule has 39 heavy (non-hydrogen) atoms. The van der Waals surface area contributed by atoms with E-state index in [9.17, 15) is 23.9 Å². The maximum Gasteiger partial charge on any atom is 0.346 e. The number of carbonyl (C=O) groups is 2. The first-order chi connectivity index (χ1) is 18.3. The van der Waals surface area contributed by atoms with Crippen molar-refractivity contribution in [1.29, 1.82) is 0 Å². The second kappa shape index (κ2) is 24.1. The molecule has 0 aliphatic heterocycles. The quantitative estimate of drug-likeness (QED) is 0.0445. The topological polar surface area (TPSA) is 112 Å². The van der Waals surface area contributed by atoms with Crippen molar-refractivity contribution in [1.82, 2.24) is 0 Å². The maximum absolute atomic E-state index is 12.7. The van der Waals surface area contributed by atoms with Crippen LogP contribution in [0.3, 0.4) is 0 Å². The molecule has 0 bridgehead atoms. The fourth-order valence-electron chi connectivity index (χ4n) is 4.46. The van der Waals surface area contributed by atoms with Crippen molar-refractivity contribution in [2.75, 3.05) is 34.3 Å². The number of hydrogen-bond acceptors (Lipinski definition) is 4. The zero-order chi connectivity index (χ0) is 30.2. The zero-order valence-corrected chi connectivity index (χ0v) is 27.4. The van der Waals surface area contributed by atoms with Gasteiger partial charge in [0.25, 0.3) is 0 Å². The largest absolute Gasteiger partial charge is 0.391 e. The SMILES string of the molecule is CCCCCCCCCCCC(=O)C(C)(C(=O)CCCCCCCCCCC)P(=O)(O)O.C[N+](C)(C)CCO. The van der Waals surface area contributed by atoms with Gasteiger partial charge >= 0.3 is 7.60 Å². The van der Waals surface area contributed by atoms with Gasteiger partial charge in [-0.15, -0.1) is 0 Å². The highest BCUT2D eigenvalue weighted by molar-refractivity contribution is 7.56. The third kappa shape index (κ3) is 21.8. The van der Waals surface area contributed by atoms with Gasteiger partial charge in [0.1, 0.15) is 6.54 Å². The predicted molar refractivity (Wildman–Crippen MR) is 164 cm³/mol. The number of quaternary nitrogens is 1. The van der Waals surface area contributed by atoms with Crippen LogP contribution in [0.25, 0.3) is 0 Å². The molecule has 8 heteroatoms. The van der Waals surface area contributed by atoms with Gasteiger partial charge in [-0.05, 0) is 19.8 Å². The summed E-state index contributed by atoms with van der Waals surface area (Å²) < 4.78 is 13.0. The molecule has 0 saturated heterocycles. The summed E-state index contributed by atoms with van der Waals surface area (Å²) in [6, 6.07) is 0. The van der Waals surface area contributed by atoms with E-state index in [1.165, 1.54) is 71.1 Å². The Balaban J connectivity index is 0. The van der Waals surface area contributed by atoms with Crippen molar-refractivity contribution in [2.24, 2.45) is 0 Å². The molecule has 0 spiro atoms. The van der Waals surface area contributed by atoms with Crippen LogP contribution < -0.4 is 0 Å². The van der Waals surface area contributed by atoms with Crippen molar-refractivity contribution in [3.05, 3.63) is 0 Å². The molecule has 0 saturated carbocycles. The Hall–Kier alpha value is -0.590. The van der Waals surface area contributed by atoms with Gasteiger partial charge in [-0.2, -0.15) is 0 Å². The van der Waals surface area contributed by atoms with Crippen LogP contribution in [0, 0.1) is 0 Å². The van der Waals surface area contributed by atoms with Crippen LogP contribution in [0.15, 0.2) is 0 Å². The van der Waals surface area contributed by atoms with Gasteiger partial charge in [0.05, 0.1) is 27.7 Å². The molecule has 0 amide bonds. The summed E-state index contributed by atoms with van der Waals surface area (Å²) in [6.07, 6.45) is 19.8. The smallest absolute Gasteiger partial charge is 0.346 e. The molecule has 0 rings (SSSR count). The number of aliphatic hydroxyl groups excluding tert-OH is 1. The lowest BCUT2D eigenvalue weighted by Gasteiger charge is -2.27. The van der Waals surface area contributed by atoms with Crippen molar-refractivity contribution in [3.8, 4) is 0 Å². The van der Waals surface area contributed by atoms with Gasteiger partial charge < -0.3 is 19.4 Å². The standard InChI is InChI=1S/C26H51O5P.C5H14NO/c1-4-6-8-10-12-14-16-18-20-22-24(27)26(3,32(29,30)31)25(28)23-21-19-17-15-13-11-9-7-5-2;1-6(2,3)4-5-7/h4-23H2,1-3H3,(H2,29,30,31);7H,4-5H2,1-3H3/q;+1. The van der Waals surface area contributed by atoms with Crippen LogP contribution in [-0.4, -0.2) is 70.4 Å². The Labute approximate surface area is 241 Å². The molecular formula is C31H65NO6P+. The normalized spacial score (nSPS) is 12.2. The minimum Gasteiger partial charge on any atom is -0.391 e. The average Bonchev–Trinajstić information content (AvgIpc) is 2.84. The summed E-state index contributed by atoms with van der Waals surface area (Å²) in [6.45, 7) is 6.68. The van der Waals surface area contributed by atoms with Gasteiger partial charge in [0.15, 0.2) is 16.7 Å². The van der Waals surface area contributed by atoms with Crippen molar-refractivity contribution < 1.29 is 33.5 Å². The molecular weight excluding hydrogens is 513 g/mol. The van der Waals surface area contributed by atoms with Crippen LogP contribution >= 0.6 is 7.60 Å². The molecule has 0 radical (unpaired) electrons. The minimum atomic E-state index is -4.85. The van der Waals surface area contributed by atoms with Gasteiger partial charge in [0.2, 0.25) is 0 Å². The highest BCUT2D eigenvalue weighted by atomic mass is 31.2. The van der Waals surface area contributed by atoms with E-state index in [0.29, 0.717) is 12.8 Å². The molecule has 0 aromatic rings. The number of ketones is 2. The summed E-state index contributed by atoms with van der Waals surface area (Å²) >= 11 is 0. The van der Waals surface area contributed by atoms with Crippen LogP contribution in [0.2, 0.25) is 0 Å². The first kappa shape index (κ1) is 40.5. The molecule has 0 atom stereocenters. The Bertz CT molecular complexity index is 622. The van der Waals surface area contributed by atoms with Crippen LogP contribution in [-0.2, 0) is 14.2 Å². The van der Waals surface area contributed by atoms with Crippen LogP contribution in [0.1, 0.15) is 149 Å². The highest BCUT2D eigenvalue weighted by Gasteiger charge is 2.53. The number of nitrogens with zero attached hydrogens (tertiary/aromatic N) is 1. The summed E-state index contributed by atoms with van der Waals surface area (Å²) in [4.78, 5) is 45.1. The maximum atomic E-state index is 12.7. The van der Waals surface area contributed by atoms with E-state index in [0.717, 1.165) is 49.6 Å². The van der Waals surface area contributed by atoms with E-state index in [1.807, 2.05) is 0 Å².